The molecule has 34 heavy (non-hydrogen) atoms. The molecule has 0 N–H and O–H groups in total. The minimum absolute atomic E-state index is 0.0920. The molecule has 0 spiro atoms. The number of amides is 1. The summed E-state index contributed by atoms with van der Waals surface area (Å²) in [7, 11) is 3.09. The first-order valence-electron chi connectivity index (χ1n) is 10.6. The number of carbonyl (C=O) groups excluding carboxylic acids is 1. The predicted octanol–water partition coefficient (Wildman–Crippen LogP) is 4.57. The van der Waals surface area contributed by atoms with Crippen molar-refractivity contribution in [2.45, 2.75) is 12.5 Å². The van der Waals surface area contributed by atoms with Crippen LogP contribution in [0.1, 0.15) is 27.5 Å². The van der Waals surface area contributed by atoms with E-state index in [2.05, 4.69) is 0 Å². The van der Waals surface area contributed by atoms with E-state index in [-0.39, 0.29) is 29.6 Å². The fourth-order valence-electron chi connectivity index (χ4n) is 4.08. The summed E-state index contributed by atoms with van der Waals surface area (Å²) in [6.07, 6.45) is 0.559. The Kier molecular flexibility index (Phi) is 6.62. The van der Waals surface area contributed by atoms with E-state index < -0.39 is 11.0 Å². The van der Waals surface area contributed by atoms with Crippen molar-refractivity contribution in [3.8, 4) is 17.2 Å². The molecule has 0 saturated carbocycles. The lowest BCUT2D eigenvalue weighted by atomic mass is 9.91. The van der Waals surface area contributed by atoms with E-state index >= 15 is 0 Å². The van der Waals surface area contributed by atoms with Gasteiger partial charge < -0.3 is 19.1 Å². The van der Waals surface area contributed by atoms with Crippen molar-refractivity contribution in [2.24, 2.45) is 0 Å². The Hall–Kier alpha value is -4.14. The summed E-state index contributed by atoms with van der Waals surface area (Å²) in [4.78, 5) is 25.8. The van der Waals surface area contributed by atoms with Crippen molar-refractivity contribution in [3.05, 3.63) is 93.3 Å². The molecule has 1 atom stereocenters. The summed E-state index contributed by atoms with van der Waals surface area (Å²) in [6.45, 7) is 0.468. The maximum atomic E-state index is 13.5. The van der Waals surface area contributed by atoms with Gasteiger partial charge in [0.2, 0.25) is 0 Å². The number of nitro benzene ring substituents is 1. The number of methoxy groups -OCH3 is 2. The zero-order valence-corrected chi connectivity index (χ0v) is 18.7. The number of rotatable bonds is 7. The van der Waals surface area contributed by atoms with Crippen molar-refractivity contribution in [2.75, 3.05) is 27.4 Å². The number of carbonyl (C=O) groups is 1. The van der Waals surface area contributed by atoms with Crippen molar-refractivity contribution in [1.29, 1.82) is 0 Å². The summed E-state index contributed by atoms with van der Waals surface area (Å²) in [6, 6.07) is 14.5. The van der Waals surface area contributed by atoms with E-state index in [1.807, 2.05) is 12.1 Å². The van der Waals surface area contributed by atoms with Gasteiger partial charge in [-0.25, -0.2) is 4.39 Å². The van der Waals surface area contributed by atoms with Gasteiger partial charge in [-0.05, 0) is 60.0 Å². The van der Waals surface area contributed by atoms with Gasteiger partial charge in [0, 0.05) is 24.2 Å². The zero-order valence-electron chi connectivity index (χ0n) is 18.7. The van der Waals surface area contributed by atoms with Crippen LogP contribution in [-0.2, 0) is 6.42 Å². The van der Waals surface area contributed by atoms with Crippen LogP contribution in [0.5, 0.6) is 17.2 Å². The molecule has 0 bridgehead atoms. The molecule has 3 aromatic carbocycles. The molecule has 0 aliphatic carbocycles. The zero-order chi connectivity index (χ0) is 24.2. The number of non-ortho nitro benzene ring substituents is 1. The molecule has 1 amide bonds. The van der Waals surface area contributed by atoms with Gasteiger partial charge >= 0.3 is 0 Å². The molecule has 1 aliphatic rings. The van der Waals surface area contributed by atoms with Gasteiger partial charge in [0.15, 0.2) is 11.5 Å². The van der Waals surface area contributed by atoms with Gasteiger partial charge in [0.05, 0.1) is 25.2 Å². The Balaban J connectivity index is 1.71. The summed E-state index contributed by atoms with van der Waals surface area (Å²) in [5.41, 5.74) is 1.86. The molecule has 1 heterocycles. The Morgan fingerprint density at radius 2 is 1.79 bits per heavy atom. The van der Waals surface area contributed by atoms with E-state index in [4.69, 9.17) is 14.2 Å². The van der Waals surface area contributed by atoms with E-state index in [0.717, 1.165) is 11.1 Å². The Labute approximate surface area is 195 Å². The molecule has 9 heteroatoms. The molecule has 0 saturated heterocycles. The molecule has 4 rings (SSSR count). The average Bonchev–Trinajstić information content (AvgIpc) is 2.86. The van der Waals surface area contributed by atoms with Crippen LogP contribution in [0.2, 0.25) is 0 Å². The van der Waals surface area contributed by atoms with Crippen molar-refractivity contribution < 1.29 is 28.3 Å². The first-order valence-corrected chi connectivity index (χ1v) is 10.6. The summed E-state index contributed by atoms with van der Waals surface area (Å²) in [5, 5.41) is 11.2. The van der Waals surface area contributed by atoms with Crippen LogP contribution < -0.4 is 14.2 Å². The molecule has 3 aromatic rings. The molecular formula is C25H23FN2O6. The highest BCUT2D eigenvalue weighted by atomic mass is 19.1. The number of fused-ring (bicyclic) bond motifs is 1. The number of hydrogen-bond acceptors (Lipinski definition) is 6. The second kappa shape index (κ2) is 9.78. The van der Waals surface area contributed by atoms with E-state index in [1.165, 1.54) is 49.6 Å². The summed E-state index contributed by atoms with van der Waals surface area (Å²) >= 11 is 0. The fourth-order valence-corrected chi connectivity index (χ4v) is 4.08. The van der Waals surface area contributed by atoms with Crippen molar-refractivity contribution in [1.82, 2.24) is 4.90 Å². The smallest absolute Gasteiger partial charge is 0.270 e. The normalized spacial score (nSPS) is 14.8. The van der Waals surface area contributed by atoms with Crippen LogP contribution in [0, 0.1) is 15.9 Å². The molecule has 0 radical (unpaired) electrons. The standard InChI is InChI=1S/C25H23FN2O6/c1-32-23-13-16-10-11-27(25(29)17-4-3-5-19(12-17)28(30)31)22(21(16)14-24(23)33-2)15-34-20-8-6-18(26)7-9-20/h3-9,12-14,22H,10-11,15H2,1-2H3/t22-/m0/s1. The van der Waals surface area contributed by atoms with Crippen LogP contribution in [-0.4, -0.2) is 43.1 Å². The predicted molar refractivity (Wildman–Crippen MR) is 122 cm³/mol. The number of benzene rings is 3. The number of hydrogen-bond donors (Lipinski definition) is 0. The number of nitro groups is 1. The summed E-state index contributed by atoms with van der Waals surface area (Å²) < 4.78 is 30.1. The second-order valence-electron chi connectivity index (χ2n) is 7.74. The minimum atomic E-state index is -0.533. The lowest BCUT2D eigenvalue weighted by Gasteiger charge is -2.37. The van der Waals surface area contributed by atoms with Crippen LogP contribution in [0.25, 0.3) is 0 Å². The van der Waals surface area contributed by atoms with Crippen LogP contribution >= 0.6 is 0 Å². The van der Waals surface area contributed by atoms with Gasteiger partial charge in [-0.1, -0.05) is 6.07 Å². The maximum absolute atomic E-state index is 13.5. The fraction of sp³-hybridized carbons (Fsp3) is 0.240. The van der Waals surface area contributed by atoms with Gasteiger partial charge in [0.1, 0.15) is 18.2 Å². The number of nitrogens with zero attached hydrogens (tertiary/aromatic N) is 2. The Bertz CT molecular complexity index is 1210. The molecule has 0 fully saturated rings. The van der Waals surface area contributed by atoms with Gasteiger partial charge in [-0.15, -0.1) is 0 Å². The molecule has 0 aromatic heterocycles. The first kappa shape index (κ1) is 23.0. The Morgan fingerprint density at radius 3 is 2.47 bits per heavy atom. The van der Waals surface area contributed by atoms with E-state index in [9.17, 15) is 19.3 Å². The molecule has 1 aliphatic heterocycles. The minimum Gasteiger partial charge on any atom is -0.493 e. The number of ether oxygens (including phenoxy) is 3. The highest BCUT2D eigenvalue weighted by molar-refractivity contribution is 5.95. The van der Waals surface area contributed by atoms with E-state index in [0.29, 0.717) is 30.2 Å². The maximum Gasteiger partial charge on any atom is 0.270 e. The van der Waals surface area contributed by atoms with Crippen molar-refractivity contribution >= 4 is 11.6 Å². The molecule has 8 nitrogen and oxygen atoms in total. The molecule has 0 unspecified atom stereocenters. The summed E-state index contributed by atoms with van der Waals surface area (Å²) in [5.74, 6) is 0.818. The quantitative estimate of drug-likeness (QED) is 0.374. The highest BCUT2D eigenvalue weighted by Gasteiger charge is 2.33. The van der Waals surface area contributed by atoms with Crippen molar-refractivity contribution in [3.63, 3.8) is 0 Å². The van der Waals surface area contributed by atoms with Crippen LogP contribution in [0.15, 0.2) is 60.7 Å². The molecule has 176 valence electrons. The van der Waals surface area contributed by atoms with Crippen LogP contribution in [0.3, 0.4) is 0 Å². The van der Waals surface area contributed by atoms with Gasteiger partial charge in [-0.3, -0.25) is 14.9 Å². The molecular weight excluding hydrogens is 443 g/mol. The third-order valence-corrected chi connectivity index (χ3v) is 5.79. The second-order valence-corrected chi connectivity index (χ2v) is 7.74. The largest absolute Gasteiger partial charge is 0.493 e. The highest BCUT2D eigenvalue weighted by Crippen LogP contribution is 2.39. The first-order chi connectivity index (χ1) is 16.4. The SMILES string of the molecule is COc1cc2c(cc1OC)[C@H](COc1ccc(F)cc1)N(C(=O)c1cccc([N+](=O)[O-])c1)CC2. The van der Waals surface area contributed by atoms with Gasteiger partial charge in [0.25, 0.3) is 11.6 Å². The van der Waals surface area contributed by atoms with Crippen LogP contribution in [0.4, 0.5) is 10.1 Å². The van der Waals surface area contributed by atoms with E-state index in [1.54, 1.807) is 18.1 Å². The lowest BCUT2D eigenvalue weighted by molar-refractivity contribution is -0.384. The average molecular weight is 466 g/mol. The topological polar surface area (TPSA) is 91.1 Å². The van der Waals surface area contributed by atoms with Gasteiger partial charge in [-0.2, -0.15) is 0 Å². The third-order valence-electron chi connectivity index (χ3n) is 5.79. The third kappa shape index (κ3) is 4.63. The monoisotopic (exact) mass is 466 g/mol. The lowest BCUT2D eigenvalue weighted by Crippen LogP contribution is -2.42. The number of halogens is 1. The Morgan fingerprint density at radius 1 is 1.09 bits per heavy atom.